The van der Waals surface area contributed by atoms with Crippen LogP contribution in [0.25, 0.3) is 33.4 Å². The van der Waals surface area contributed by atoms with Crippen LogP contribution in [-0.2, 0) is 0 Å². The molecule has 1 saturated heterocycles. The molecule has 1 N–H and O–H groups in total. The van der Waals surface area contributed by atoms with Gasteiger partial charge in [0.25, 0.3) is 0 Å². The number of fused-ring (bicyclic) bond motifs is 1. The Labute approximate surface area is 182 Å². The molecule has 4 aromatic rings. The Bertz CT molecular complexity index is 1230. The zero-order valence-corrected chi connectivity index (χ0v) is 17.0. The Balaban J connectivity index is 1.41. The lowest BCUT2D eigenvalue weighted by molar-refractivity contribution is -0.274. The minimum atomic E-state index is -4.75. The molecule has 0 unspecified atom stereocenters. The second kappa shape index (κ2) is 8.20. The molecule has 5 nitrogen and oxygen atoms in total. The number of furan rings is 1. The molecule has 8 heteroatoms. The summed E-state index contributed by atoms with van der Waals surface area (Å²) in [6.07, 6.45) is -1.50. The number of nitrogens with zero attached hydrogens (tertiary/aromatic N) is 2. The number of piperazine rings is 1. The first-order valence-corrected chi connectivity index (χ1v) is 10.3. The molecule has 1 fully saturated rings. The third-order valence-electron chi connectivity index (χ3n) is 5.47. The molecule has 3 heterocycles. The highest BCUT2D eigenvalue weighted by Gasteiger charge is 2.31. The Hall–Kier alpha value is -3.52. The number of aromatic nitrogens is 1. The van der Waals surface area contributed by atoms with Gasteiger partial charge in [-0.25, -0.2) is 0 Å². The van der Waals surface area contributed by atoms with E-state index in [2.05, 4.69) is 44.2 Å². The second-order valence-corrected chi connectivity index (χ2v) is 7.58. The fourth-order valence-corrected chi connectivity index (χ4v) is 3.93. The standard InChI is InChI=1S/C24H20F3N3O2/c25-24(26,27)32-20-3-1-2-17(12-20)21-15-31-22-13-18(14-29-23(21)22)16-4-6-19(7-5-16)30-10-8-28-9-11-30/h1-7,12-15,28H,8-11H2. The largest absolute Gasteiger partial charge is 0.573 e. The average molecular weight is 439 g/mol. The average Bonchev–Trinajstić information content (AvgIpc) is 3.22. The summed E-state index contributed by atoms with van der Waals surface area (Å²) in [5.41, 5.74) is 5.38. The molecule has 5 rings (SSSR count). The molecule has 0 bridgehead atoms. The monoisotopic (exact) mass is 439 g/mol. The van der Waals surface area contributed by atoms with E-state index in [1.165, 1.54) is 30.1 Å². The van der Waals surface area contributed by atoms with Crippen LogP contribution >= 0.6 is 0 Å². The van der Waals surface area contributed by atoms with E-state index in [1.54, 1.807) is 12.3 Å². The van der Waals surface area contributed by atoms with E-state index in [-0.39, 0.29) is 5.75 Å². The zero-order valence-electron chi connectivity index (χ0n) is 17.0. The van der Waals surface area contributed by atoms with Gasteiger partial charge in [-0.05, 0) is 41.5 Å². The van der Waals surface area contributed by atoms with Gasteiger partial charge in [0.15, 0.2) is 5.58 Å². The van der Waals surface area contributed by atoms with Gasteiger partial charge < -0.3 is 19.4 Å². The predicted molar refractivity (Wildman–Crippen MR) is 117 cm³/mol. The number of alkyl halides is 3. The van der Waals surface area contributed by atoms with E-state index in [0.29, 0.717) is 22.2 Å². The summed E-state index contributed by atoms with van der Waals surface area (Å²) < 4.78 is 47.3. The highest BCUT2D eigenvalue weighted by Crippen LogP contribution is 2.34. The second-order valence-electron chi connectivity index (χ2n) is 7.58. The Morgan fingerprint density at radius 2 is 1.72 bits per heavy atom. The topological polar surface area (TPSA) is 50.5 Å². The SMILES string of the molecule is FC(F)(F)Oc1cccc(-c2coc3cc(-c4ccc(N5CCNCC5)cc4)cnc23)c1. The minimum Gasteiger partial charge on any atom is -0.462 e. The maximum atomic E-state index is 12.5. The van der Waals surface area contributed by atoms with Crippen molar-refractivity contribution in [3.8, 4) is 28.0 Å². The highest BCUT2D eigenvalue weighted by molar-refractivity contribution is 5.92. The lowest BCUT2D eigenvalue weighted by atomic mass is 10.0. The number of hydrogen-bond donors (Lipinski definition) is 1. The van der Waals surface area contributed by atoms with Crippen molar-refractivity contribution in [2.24, 2.45) is 0 Å². The molecule has 0 radical (unpaired) electrons. The summed E-state index contributed by atoms with van der Waals surface area (Å²) in [4.78, 5) is 6.88. The molecular weight excluding hydrogens is 419 g/mol. The summed E-state index contributed by atoms with van der Waals surface area (Å²) in [5, 5.41) is 3.35. The summed E-state index contributed by atoms with van der Waals surface area (Å²) >= 11 is 0. The first-order valence-electron chi connectivity index (χ1n) is 10.3. The van der Waals surface area contributed by atoms with Crippen LogP contribution in [0.3, 0.4) is 0 Å². The molecule has 0 aliphatic carbocycles. The predicted octanol–water partition coefficient (Wildman–Crippen LogP) is 5.47. The Kier molecular flexibility index (Phi) is 5.22. The van der Waals surface area contributed by atoms with Crippen LogP contribution in [0, 0.1) is 0 Å². The third-order valence-corrected chi connectivity index (χ3v) is 5.47. The molecule has 0 spiro atoms. The van der Waals surface area contributed by atoms with E-state index < -0.39 is 6.36 Å². The quantitative estimate of drug-likeness (QED) is 0.457. The maximum absolute atomic E-state index is 12.5. The molecule has 2 aromatic carbocycles. The lowest BCUT2D eigenvalue weighted by Gasteiger charge is -2.29. The zero-order chi connectivity index (χ0) is 22.1. The van der Waals surface area contributed by atoms with Gasteiger partial charge in [0.1, 0.15) is 17.5 Å². The first kappa shape index (κ1) is 20.4. The van der Waals surface area contributed by atoms with Crippen molar-refractivity contribution < 1.29 is 22.3 Å². The number of benzene rings is 2. The van der Waals surface area contributed by atoms with Crippen LogP contribution in [0.1, 0.15) is 0 Å². The normalized spacial score (nSPS) is 14.7. The van der Waals surface area contributed by atoms with Crippen LogP contribution in [0.15, 0.2) is 71.5 Å². The number of ether oxygens (including phenoxy) is 1. The van der Waals surface area contributed by atoms with E-state index in [9.17, 15) is 13.2 Å². The Morgan fingerprint density at radius 1 is 0.938 bits per heavy atom. The third kappa shape index (κ3) is 4.27. The molecule has 2 aromatic heterocycles. The molecule has 0 amide bonds. The summed E-state index contributed by atoms with van der Waals surface area (Å²) in [6.45, 7) is 3.93. The summed E-state index contributed by atoms with van der Waals surface area (Å²) in [6, 6.07) is 16.0. The smallest absolute Gasteiger partial charge is 0.462 e. The lowest BCUT2D eigenvalue weighted by Crippen LogP contribution is -2.43. The van der Waals surface area contributed by atoms with E-state index in [4.69, 9.17) is 4.42 Å². The van der Waals surface area contributed by atoms with Gasteiger partial charge in [0.05, 0.1) is 0 Å². The van der Waals surface area contributed by atoms with Gasteiger partial charge in [0.2, 0.25) is 0 Å². The number of pyridine rings is 1. The molecule has 32 heavy (non-hydrogen) atoms. The van der Waals surface area contributed by atoms with Crippen LogP contribution in [0.2, 0.25) is 0 Å². The number of anilines is 1. The Morgan fingerprint density at radius 3 is 2.47 bits per heavy atom. The number of hydrogen-bond acceptors (Lipinski definition) is 5. The molecule has 0 saturated carbocycles. The van der Waals surface area contributed by atoms with Crippen molar-refractivity contribution in [2.45, 2.75) is 6.36 Å². The van der Waals surface area contributed by atoms with Crippen LogP contribution in [0.4, 0.5) is 18.9 Å². The minimum absolute atomic E-state index is 0.287. The van der Waals surface area contributed by atoms with Gasteiger partial charge in [-0.2, -0.15) is 0 Å². The molecular formula is C24H20F3N3O2. The van der Waals surface area contributed by atoms with Crippen molar-refractivity contribution in [1.82, 2.24) is 10.3 Å². The highest BCUT2D eigenvalue weighted by atomic mass is 19.4. The molecule has 1 aliphatic heterocycles. The van der Waals surface area contributed by atoms with E-state index >= 15 is 0 Å². The number of rotatable bonds is 4. The van der Waals surface area contributed by atoms with E-state index in [1.807, 2.05) is 6.07 Å². The fraction of sp³-hybridized carbons (Fsp3) is 0.208. The van der Waals surface area contributed by atoms with Gasteiger partial charge in [-0.3, -0.25) is 4.98 Å². The van der Waals surface area contributed by atoms with Crippen LogP contribution in [-0.4, -0.2) is 37.5 Å². The first-order chi connectivity index (χ1) is 15.5. The fourth-order valence-electron chi connectivity index (χ4n) is 3.93. The number of nitrogens with one attached hydrogen (secondary N) is 1. The summed E-state index contributed by atoms with van der Waals surface area (Å²) in [7, 11) is 0. The van der Waals surface area contributed by atoms with Crippen molar-refractivity contribution in [1.29, 1.82) is 0 Å². The van der Waals surface area contributed by atoms with Crippen molar-refractivity contribution >= 4 is 16.8 Å². The number of halogens is 3. The summed E-state index contributed by atoms with van der Waals surface area (Å²) in [5.74, 6) is -0.287. The van der Waals surface area contributed by atoms with Crippen molar-refractivity contribution in [3.05, 3.63) is 67.1 Å². The van der Waals surface area contributed by atoms with Gasteiger partial charge in [-0.1, -0.05) is 24.3 Å². The van der Waals surface area contributed by atoms with Crippen molar-refractivity contribution in [3.63, 3.8) is 0 Å². The molecule has 164 valence electrons. The van der Waals surface area contributed by atoms with Crippen molar-refractivity contribution in [2.75, 3.05) is 31.1 Å². The van der Waals surface area contributed by atoms with Gasteiger partial charge in [-0.15, -0.1) is 13.2 Å². The van der Waals surface area contributed by atoms with E-state index in [0.717, 1.165) is 37.3 Å². The molecule has 0 atom stereocenters. The van der Waals surface area contributed by atoms with Crippen LogP contribution in [0.5, 0.6) is 5.75 Å². The molecule has 1 aliphatic rings. The maximum Gasteiger partial charge on any atom is 0.573 e. The van der Waals surface area contributed by atoms with Gasteiger partial charge in [0, 0.05) is 49.2 Å². The van der Waals surface area contributed by atoms with Crippen LogP contribution < -0.4 is 15.0 Å². The van der Waals surface area contributed by atoms with Gasteiger partial charge >= 0.3 is 6.36 Å².